The molecule has 0 amide bonds. The quantitative estimate of drug-likeness (QED) is 0.487. The Morgan fingerprint density at radius 2 is 2.17 bits per heavy atom. The van der Waals surface area contributed by atoms with Crippen molar-refractivity contribution in [3.05, 3.63) is 68.3 Å². The first-order chi connectivity index (χ1) is 11.6. The molecule has 0 bridgehead atoms. The van der Waals surface area contributed by atoms with E-state index in [1.807, 2.05) is 24.3 Å². The minimum Gasteiger partial charge on any atom is -0.380 e. The van der Waals surface area contributed by atoms with Gasteiger partial charge in [-0.2, -0.15) is 0 Å². The van der Waals surface area contributed by atoms with Crippen molar-refractivity contribution < 1.29 is 4.92 Å². The molecule has 3 aromatic rings. The average molecular weight is 379 g/mol. The van der Waals surface area contributed by atoms with Crippen LogP contribution in [0.15, 0.2) is 58.7 Å². The molecule has 0 unspecified atom stereocenters. The zero-order chi connectivity index (χ0) is 16.9. The molecule has 6 nitrogen and oxygen atoms in total. The lowest BCUT2D eigenvalue weighted by molar-refractivity contribution is -0.388. The molecule has 2 aromatic heterocycles. The van der Waals surface area contributed by atoms with Crippen LogP contribution in [-0.4, -0.2) is 14.9 Å². The Hall–Kier alpha value is -2.16. The molecule has 0 aliphatic carbocycles. The lowest BCUT2D eigenvalue weighted by Gasteiger charge is -2.07. The number of halogens is 1. The molecule has 0 saturated heterocycles. The van der Waals surface area contributed by atoms with Gasteiger partial charge >= 0.3 is 5.69 Å². The Morgan fingerprint density at radius 3 is 2.92 bits per heavy atom. The van der Waals surface area contributed by atoms with Gasteiger partial charge in [-0.05, 0) is 24.3 Å². The fourth-order valence-corrected chi connectivity index (χ4v) is 3.77. The predicted octanol–water partition coefficient (Wildman–Crippen LogP) is 4.86. The summed E-state index contributed by atoms with van der Waals surface area (Å²) in [6.45, 7) is 0.613. The fourth-order valence-electron chi connectivity index (χ4n) is 1.94. The number of nitro groups is 1. The minimum absolute atomic E-state index is 0.000152. The molecule has 2 heterocycles. The number of nitrogens with zero attached hydrogens (tertiary/aromatic N) is 3. The summed E-state index contributed by atoms with van der Waals surface area (Å²) in [7, 11) is 0. The first kappa shape index (κ1) is 16.7. The molecule has 122 valence electrons. The first-order valence-electron chi connectivity index (χ1n) is 6.83. The van der Waals surface area contributed by atoms with E-state index in [0.717, 1.165) is 15.5 Å². The Balaban J connectivity index is 1.72. The van der Waals surface area contributed by atoms with Crippen LogP contribution in [0.5, 0.6) is 0 Å². The van der Waals surface area contributed by atoms with Crippen LogP contribution in [0.1, 0.15) is 4.88 Å². The highest BCUT2D eigenvalue weighted by Gasteiger charge is 2.15. The maximum atomic E-state index is 11.1. The van der Waals surface area contributed by atoms with Crippen molar-refractivity contribution >= 4 is 46.1 Å². The van der Waals surface area contributed by atoms with Crippen molar-refractivity contribution in [1.29, 1.82) is 0 Å². The highest BCUT2D eigenvalue weighted by Crippen LogP contribution is 2.33. The largest absolute Gasteiger partial charge is 0.380 e. The van der Waals surface area contributed by atoms with Gasteiger partial charge in [0.1, 0.15) is 0 Å². The van der Waals surface area contributed by atoms with Crippen molar-refractivity contribution in [2.45, 2.75) is 16.5 Å². The molecule has 0 aliphatic rings. The van der Waals surface area contributed by atoms with E-state index in [0.29, 0.717) is 16.0 Å². The van der Waals surface area contributed by atoms with Crippen LogP contribution in [0.4, 0.5) is 11.4 Å². The summed E-state index contributed by atoms with van der Waals surface area (Å²) in [4.78, 5) is 20.6. The number of hydrogen-bond acceptors (Lipinski definition) is 7. The monoisotopic (exact) mass is 378 g/mol. The summed E-state index contributed by atoms with van der Waals surface area (Å²) in [5.41, 5.74) is 0.906. The number of nitrogens with one attached hydrogen (secondary N) is 1. The van der Waals surface area contributed by atoms with E-state index in [1.54, 1.807) is 18.5 Å². The Bertz CT molecular complexity index is 872. The zero-order valence-corrected chi connectivity index (χ0v) is 14.6. The van der Waals surface area contributed by atoms with Gasteiger partial charge in [-0.15, -0.1) is 11.3 Å². The number of rotatable bonds is 6. The number of thiazole rings is 1. The number of anilines is 1. The summed E-state index contributed by atoms with van der Waals surface area (Å²) in [5.74, 6) is 0. The summed E-state index contributed by atoms with van der Waals surface area (Å²) >= 11 is 8.49. The van der Waals surface area contributed by atoms with Gasteiger partial charge in [-0.25, -0.2) is 9.97 Å². The van der Waals surface area contributed by atoms with Crippen LogP contribution in [0.2, 0.25) is 4.47 Å². The normalized spacial score (nSPS) is 10.5. The van der Waals surface area contributed by atoms with Crippen LogP contribution in [-0.2, 0) is 6.54 Å². The van der Waals surface area contributed by atoms with Crippen molar-refractivity contribution in [3.8, 4) is 0 Å². The van der Waals surface area contributed by atoms with E-state index < -0.39 is 4.92 Å². The zero-order valence-electron chi connectivity index (χ0n) is 12.2. The number of hydrogen-bond donors (Lipinski definition) is 1. The minimum atomic E-state index is -0.426. The fraction of sp³-hybridized carbons (Fsp3) is 0.0667. The summed E-state index contributed by atoms with van der Waals surface area (Å²) in [6, 6.07) is 10.6. The van der Waals surface area contributed by atoms with E-state index in [-0.39, 0.29) is 5.69 Å². The molecule has 0 radical (unpaired) electrons. The van der Waals surface area contributed by atoms with Crippen molar-refractivity contribution in [1.82, 2.24) is 9.97 Å². The van der Waals surface area contributed by atoms with E-state index >= 15 is 0 Å². The van der Waals surface area contributed by atoms with Crippen LogP contribution in [0.25, 0.3) is 0 Å². The van der Waals surface area contributed by atoms with E-state index in [4.69, 9.17) is 11.6 Å². The van der Waals surface area contributed by atoms with Crippen LogP contribution in [0, 0.1) is 10.1 Å². The third kappa shape index (κ3) is 4.22. The SMILES string of the molecule is O=[N+]([O-])c1cccnc1Sc1cccc(NCc2cnc(Cl)s2)c1. The second-order valence-electron chi connectivity index (χ2n) is 4.65. The highest BCUT2D eigenvalue weighted by atomic mass is 35.5. The molecule has 0 fully saturated rings. The molecular formula is C15H11ClN4O2S2. The highest BCUT2D eigenvalue weighted by molar-refractivity contribution is 7.99. The van der Waals surface area contributed by atoms with E-state index in [2.05, 4.69) is 15.3 Å². The summed E-state index contributed by atoms with van der Waals surface area (Å²) in [6.07, 6.45) is 3.28. The van der Waals surface area contributed by atoms with E-state index in [1.165, 1.54) is 29.2 Å². The topological polar surface area (TPSA) is 81.0 Å². The number of benzene rings is 1. The van der Waals surface area contributed by atoms with Crippen molar-refractivity contribution in [2.75, 3.05) is 5.32 Å². The second kappa shape index (κ2) is 7.61. The lowest BCUT2D eigenvalue weighted by atomic mass is 10.3. The van der Waals surface area contributed by atoms with Crippen molar-refractivity contribution in [2.24, 2.45) is 0 Å². The molecule has 0 saturated carbocycles. The molecule has 3 rings (SSSR count). The standard InChI is InChI=1S/C15H11ClN4O2S2/c16-15-19-9-12(24-15)8-18-10-3-1-4-11(7-10)23-14-13(20(21)22)5-2-6-17-14/h1-7,9,18H,8H2. The second-order valence-corrected chi connectivity index (χ2v) is 7.41. The van der Waals surface area contributed by atoms with Gasteiger partial charge in [0.25, 0.3) is 0 Å². The number of pyridine rings is 1. The summed E-state index contributed by atoms with van der Waals surface area (Å²) in [5, 5.41) is 14.7. The first-order valence-corrected chi connectivity index (χ1v) is 8.84. The Morgan fingerprint density at radius 1 is 1.29 bits per heavy atom. The molecule has 1 aromatic carbocycles. The smallest absolute Gasteiger partial charge is 0.301 e. The maximum absolute atomic E-state index is 11.1. The number of aromatic nitrogens is 2. The van der Waals surface area contributed by atoms with E-state index in [9.17, 15) is 10.1 Å². The van der Waals surface area contributed by atoms with Crippen LogP contribution >= 0.6 is 34.7 Å². The molecule has 0 aliphatic heterocycles. The van der Waals surface area contributed by atoms with Crippen LogP contribution < -0.4 is 5.32 Å². The Kier molecular flexibility index (Phi) is 5.29. The summed E-state index contributed by atoms with van der Waals surface area (Å²) < 4.78 is 0.513. The molecule has 0 spiro atoms. The molecule has 1 N–H and O–H groups in total. The Labute approximate surface area is 151 Å². The van der Waals surface area contributed by atoms with Crippen LogP contribution in [0.3, 0.4) is 0 Å². The molecule has 24 heavy (non-hydrogen) atoms. The molecular weight excluding hydrogens is 368 g/mol. The third-order valence-electron chi connectivity index (χ3n) is 2.99. The molecule has 0 atom stereocenters. The maximum Gasteiger partial charge on any atom is 0.301 e. The van der Waals surface area contributed by atoms with Gasteiger partial charge in [0.15, 0.2) is 9.49 Å². The van der Waals surface area contributed by atoms with Gasteiger partial charge in [0.05, 0.1) is 11.5 Å². The van der Waals surface area contributed by atoms with Crippen molar-refractivity contribution in [3.63, 3.8) is 0 Å². The average Bonchev–Trinajstić information content (AvgIpc) is 2.99. The van der Waals surface area contributed by atoms with Gasteiger partial charge in [0, 0.05) is 33.9 Å². The molecule has 9 heteroatoms. The predicted molar refractivity (Wildman–Crippen MR) is 95.9 cm³/mol. The van der Waals surface area contributed by atoms with Gasteiger partial charge in [0.2, 0.25) is 0 Å². The van der Waals surface area contributed by atoms with Gasteiger partial charge < -0.3 is 5.32 Å². The lowest BCUT2D eigenvalue weighted by Crippen LogP contribution is -1.97. The third-order valence-corrected chi connectivity index (χ3v) is 5.10. The van der Waals surface area contributed by atoms with Gasteiger partial charge in [-0.3, -0.25) is 10.1 Å². The van der Waals surface area contributed by atoms with Gasteiger partial charge in [-0.1, -0.05) is 29.4 Å².